The van der Waals surface area contributed by atoms with Gasteiger partial charge < -0.3 is 15.0 Å². The van der Waals surface area contributed by atoms with Crippen LogP contribution in [0.15, 0.2) is 41.5 Å². The average Bonchev–Trinajstić information content (AvgIpc) is 2.73. The molecule has 3 rings (SSSR count). The molecule has 1 aliphatic rings. The Labute approximate surface area is 175 Å². The number of carbonyl (C=O) groups excluding carboxylic acids is 1. The molecule has 2 N–H and O–H groups in total. The van der Waals surface area contributed by atoms with Crippen LogP contribution in [0.1, 0.15) is 24.8 Å². The molecule has 11 heteroatoms. The van der Waals surface area contributed by atoms with Gasteiger partial charge in [0.05, 0.1) is 18.2 Å². The number of halogens is 4. The Hall–Kier alpha value is -2.95. The van der Waals surface area contributed by atoms with Crippen LogP contribution in [0.3, 0.4) is 0 Å². The molecule has 2 aromatic heterocycles. The lowest BCUT2D eigenvalue weighted by atomic mass is 9.87. The Bertz CT molecular complexity index is 932. The van der Waals surface area contributed by atoms with Gasteiger partial charge >= 0.3 is 0 Å². The van der Waals surface area contributed by atoms with Crippen LogP contribution in [0, 0.1) is 0 Å². The maximum atomic E-state index is 14.5. The van der Waals surface area contributed by atoms with Gasteiger partial charge in [0.15, 0.2) is 0 Å². The van der Waals surface area contributed by atoms with Crippen molar-refractivity contribution in [1.29, 1.82) is 0 Å². The third-order valence-corrected chi connectivity index (χ3v) is 5.16. The Kier molecular flexibility index (Phi) is 6.94. The highest BCUT2D eigenvalue weighted by molar-refractivity contribution is 5.93. The van der Waals surface area contributed by atoms with Crippen molar-refractivity contribution in [1.82, 2.24) is 14.9 Å². The van der Waals surface area contributed by atoms with Gasteiger partial charge in [-0.3, -0.25) is 14.5 Å². The first-order valence-electron chi connectivity index (χ1n) is 9.64. The Balaban J connectivity index is 1.63. The van der Waals surface area contributed by atoms with Crippen molar-refractivity contribution < 1.29 is 27.1 Å². The molecular weight excluding hydrogens is 420 g/mol. The van der Waals surface area contributed by atoms with Gasteiger partial charge in [0.25, 0.3) is 12.3 Å². The first kappa shape index (κ1) is 22.7. The lowest BCUT2D eigenvalue weighted by Crippen LogP contribution is -2.52. The second-order valence-electron chi connectivity index (χ2n) is 7.29. The molecule has 1 saturated heterocycles. The van der Waals surface area contributed by atoms with E-state index >= 15 is 0 Å². The second-order valence-corrected chi connectivity index (χ2v) is 7.29. The molecule has 2 atom stereocenters. The molecule has 0 spiro atoms. The van der Waals surface area contributed by atoms with E-state index in [9.17, 15) is 27.2 Å². The molecule has 2 unspecified atom stereocenters. The van der Waals surface area contributed by atoms with Crippen molar-refractivity contribution in [3.05, 3.63) is 52.6 Å². The zero-order valence-corrected chi connectivity index (χ0v) is 16.7. The van der Waals surface area contributed by atoms with Crippen molar-refractivity contribution in [3.63, 3.8) is 0 Å². The molecule has 1 fully saturated rings. The summed E-state index contributed by atoms with van der Waals surface area (Å²) in [6.07, 6.45) is -0.562. The summed E-state index contributed by atoms with van der Waals surface area (Å²) < 4.78 is 58.2. The summed E-state index contributed by atoms with van der Waals surface area (Å²) in [5.41, 5.74) is -0.0893. The van der Waals surface area contributed by atoms with E-state index in [1.807, 2.05) is 0 Å². The number of ether oxygens (including phenoxy) is 1. The number of H-pyrrole nitrogens is 1. The molecule has 0 aliphatic carbocycles. The van der Waals surface area contributed by atoms with E-state index in [4.69, 9.17) is 4.74 Å². The SMILES string of the molecule is CC(C(=O)Nc1ccc(OCC(F)F)cn1)N1CCC(F)(F)C(c2ccc(=O)[nH]c2)C1. The molecule has 0 bridgehead atoms. The molecule has 1 aliphatic heterocycles. The van der Waals surface area contributed by atoms with Crippen LogP contribution >= 0.6 is 0 Å². The third-order valence-electron chi connectivity index (χ3n) is 5.16. The summed E-state index contributed by atoms with van der Waals surface area (Å²) in [5.74, 6) is -4.27. The highest BCUT2D eigenvalue weighted by Crippen LogP contribution is 2.40. The van der Waals surface area contributed by atoms with Crippen LogP contribution in [0.25, 0.3) is 0 Å². The van der Waals surface area contributed by atoms with Gasteiger partial charge in [-0.25, -0.2) is 22.5 Å². The lowest BCUT2D eigenvalue weighted by molar-refractivity contribution is -0.125. The second kappa shape index (κ2) is 9.46. The van der Waals surface area contributed by atoms with Gasteiger partial charge in [-0.1, -0.05) is 6.07 Å². The number of hydrogen-bond acceptors (Lipinski definition) is 5. The molecule has 2 aromatic rings. The number of likely N-dealkylation sites (tertiary alicyclic amines) is 1. The van der Waals surface area contributed by atoms with Crippen molar-refractivity contribution in [2.45, 2.75) is 37.7 Å². The Morgan fingerprint density at radius 3 is 2.74 bits per heavy atom. The summed E-state index contributed by atoms with van der Waals surface area (Å²) in [6.45, 7) is 0.792. The quantitative estimate of drug-likeness (QED) is 0.644. The maximum absolute atomic E-state index is 14.5. The number of rotatable bonds is 7. The van der Waals surface area contributed by atoms with Crippen LogP contribution in [-0.4, -0.2) is 58.9 Å². The maximum Gasteiger partial charge on any atom is 0.272 e. The third kappa shape index (κ3) is 5.81. The van der Waals surface area contributed by atoms with E-state index in [0.717, 1.165) is 0 Å². The average molecular weight is 442 g/mol. The summed E-state index contributed by atoms with van der Waals surface area (Å²) in [6, 6.07) is 4.63. The van der Waals surface area contributed by atoms with Crippen LogP contribution in [0.2, 0.25) is 0 Å². The number of alkyl halides is 4. The smallest absolute Gasteiger partial charge is 0.272 e. The van der Waals surface area contributed by atoms with E-state index in [1.54, 1.807) is 11.8 Å². The number of amides is 1. The standard InChI is InChI=1S/C20H22F4N4O3/c1-12(19(30)27-17-4-3-14(9-25-17)31-11-16(21)22)28-7-6-20(23,24)15(10-28)13-2-5-18(29)26-8-13/h2-5,8-9,12,15-16H,6-7,10-11H2,1H3,(H,26,29)(H,25,27,30). The highest BCUT2D eigenvalue weighted by atomic mass is 19.3. The minimum atomic E-state index is -2.97. The molecule has 0 aromatic carbocycles. The molecule has 31 heavy (non-hydrogen) atoms. The molecule has 0 radical (unpaired) electrons. The predicted octanol–water partition coefficient (Wildman–Crippen LogP) is 2.87. The Morgan fingerprint density at radius 2 is 2.13 bits per heavy atom. The van der Waals surface area contributed by atoms with E-state index in [1.165, 1.54) is 36.7 Å². The zero-order valence-electron chi connectivity index (χ0n) is 16.7. The molecule has 3 heterocycles. The number of hydrogen-bond donors (Lipinski definition) is 2. The fourth-order valence-corrected chi connectivity index (χ4v) is 3.36. The molecular formula is C20H22F4N4O3. The number of pyridine rings is 2. The fraction of sp³-hybridized carbons (Fsp3) is 0.450. The number of nitrogens with one attached hydrogen (secondary N) is 2. The molecule has 0 saturated carbocycles. The van der Waals surface area contributed by atoms with Crippen LogP contribution in [0.5, 0.6) is 5.75 Å². The number of carbonyl (C=O) groups is 1. The van der Waals surface area contributed by atoms with Gasteiger partial charge in [-0.05, 0) is 24.6 Å². The van der Waals surface area contributed by atoms with E-state index < -0.39 is 43.2 Å². The molecule has 1 amide bonds. The summed E-state index contributed by atoms with van der Waals surface area (Å²) in [4.78, 5) is 31.8. The topological polar surface area (TPSA) is 87.3 Å². The van der Waals surface area contributed by atoms with Gasteiger partial charge in [-0.2, -0.15) is 0 Å². The van der Waals surface area contributed by atoms with Crippen molar-refractivity contribution in [2.24, 2.45) is 0 Å². The van der Waals surface area contributed by atoms with E-state index in [0.29, 0.717) is 5.56 Å². The van der Waals surface area contributed by atoms with Crippen LogP contribution < -0.4 is 15.6 Å². The van der Waals surface area contributed by atoms with Crippen molar-refractivity contribution >= 4 is 11.7 Å². The zero-order chi connectivity index (χ0) is 22.6. The van der Waals surface area contributed by atoms with Gasteiger partial charge in [0.1, 0.15) is 18.2 Å². The van der Waals surface area contributed by atoms with E-state index in [-0.39, 0.29) is 30.2 Å². The normalized spacial score (nSPS) is 19.7. The summed E-state index contributed by atoms with van der Waals surface area (Å²) >= 11 is 0. The fourth-order valence-electron chi connectivity index (χ4n) is 3.36. The summed E-state index contributed by atoms with van der Waals surface area (Å²) in [7, 11) is 0. The number of aromatic nitrogens is 2. The Morgan fingerprint density at radius 1 is 1.35 bits per heavy atom. The molecule has 168 valence electrons. The lowest BCUT2D eigenvalue weighted by Gasteiger charge is -2.40. The summed E-state index contributed by atoms with van der Waals surface area (Å²) in [5, 5.41) is 2.58. The highest BCUT2D eigenvalue weighted by Gasteiger charge is 2.46. The van der Waals surface area contributed by atoms with Crippen LogP contribution in [-0.2, 0) is 4.79 Å². The first-order chi connectivity index (χ1) is 14.7. The number of nitrogens with zero attached hydrogens (tertiary/aromatic N) is 2. The molecule has 7 nitrogen and oxygen atoms in total. The number of piperidine rings is 1. The predicted molar refractivity (Wildman–Crippen MR) is 105 cm³/mol. The number of anilines is 1. The first-order valence-corrected chi connectivity index (χ1v) is 9.64. The minimum Gasteiger partial charge on any atom is -0.486 e. The minimum absolute atomic E-state index is 0.0231. The van der Waals surface area contributed by atoms with Gasteiger partial charge in [-0.15, -0.1) is 0 Å². The largest absolute Gasteiger partial charge is 0.486 e. The monoisotopic (exact) mass is 442 g/mol. The van der Waals surface area contributed by atoms with Gasteiger partial charge in [0, 0.05) is 31.8 Å². The van der Waals surface area contributed by atoms with Gasteiger partial charge in [0.2, 0.25) is 11.5 Å². The number of aromatic amines is 1. The van der Waals surface area contributed by atoms with E-state index in [2.05, 4.69) is 15.3 Å². The van der Waals surface area contributed by atoms with Crippen LogP contribution in [0.4, 0.5) is 23.4 Å². The van der Waals surface area contributed by atoms with Crippen molar-refractivity contribution in [2.75, 3.05) is 25.0 Å². The van der Waals surface area contributed by atoms with Crippen molar-refractivity contribution in [3.8, 4) is 5.75 Å².